The zero-order chi connectivity index (χ0) is 84.2. The maximum atomic E-state index is 9.86. The van der Waals surface area contributed by atoms with Crippen molar-refractivity contribution in [2.75, 3.05) is 9.80 Å². The normalized spacial score (nSPS) is 15.1. The van der Waals surface area contributed by atoms with Crippen LogP contribution in [0.3, 0.4) is 0 Å². The van der Waals surface area contributed by atoms with Gasteiger partial charge in [0.15, 0.2) is 11.2 Å². The van der Waals surface area contributed by atoms with Gasteiger partial charge in [-0.25, -0.2) is 0 Å². The van der Waals surface area contributed by atoms with Crippen LogP contribution in [0.5, 0.6) is 0 Å². The highest BCUT2D eigenvalue weighted by Gasteiger charge is 2.46. The van der Waals surface area contributed by atoms with Crippen LogP contribution in [0.2, 0.25) is 0 Å². The topological polar surface area (TPSA) is 42.6 Å². The largest absolute Gasteiger partial charge is 0.453 e. The van der Waals surface area contributed by atoms with Crippen LogP contribution in [0.4, 0.5) is 34.1 Å². The van der Waals surface area contributed by atoms with Crippen molar-refractivity contribution in [1.82, 2.24) is 9.13 Å². The molecule has 0 unspecified atom stereocenters. The molecule has 0 saturated heterocycles. The van der Waals surface area contributed by atoms with Crippen molar-refractivity contribution in [3.05, 3.63) is 307 Å². The van der Waals surface area contributed by atoms with Crippen molar-refractivity contribution in [2.24, 2.45) is 0 Å². The van der Waals surface area contributed by atoms with Crippen LogP contribution in [-0.4, -0.2) is 15.8 Å². The van der Waals surface area contributed by atoms with Crippen LogP contribution in [-0.2, 0) is 21.7 Å². The van der Waals surface area contributed by atoms with Gasteiger partial charge in [-0.3, -0.25) is 0 Å². The Labute approximate surface area is 643 Å². The molecule has 0 atom stereocenters. The van der Waals surface area contributed by atoms with E-state index < -0.39 is 73.2 Å². The molecule has 2 aliphatic heterocycles. The van der Waals surface area contributed by atoms with Crippen molar-refractivity contribution in [2.45, 2.75) is 105 Å². The Morgan fingerprint density at radius 1 is 0.280 bits per heavy atom. The van der Waals surface area contributed by atoms with Crippen LogP contribution < -0.4 is 26.2 Å². The Hall–Kier alpha value is -12.1. The standard InChI is InChI=1S/C100H83BN4O2/c1-97(2,3)64-30-20-28-62(52-64)70-34-22-36-74-76-38-24-42-86(95(76)106-93(70)74)104-88-54-61(60-26-14-13-15-27-60)44-48-80(88)101-81-49-47-68(102-82-40-18-16-32-72(82)73-33-17-19-41-83(73)102)57-89(81)105(87-43-25-39-77-75-37-23-35-71(94(75)107-96(77)87)63-29-21-31-65(53-63)98(4,5)6)91-59-69(58-90(104)92(91)101)103-84-50-45-66(99(7,8)9)55-78(84)79-56-67(100(10,11)12)46-51-85(79)103/h13-59H,1-12H3/i13D,14D,15D,16D,17D,18D,19D,26D,27D,32D,33D,40D,41D. The molecule has 0 bridgehead atoms. The molecule has 0 spiro atoms. The number of fused-ring (bicyclic) bond motifs is 16. The molecule has 4 aromatic heterocycles. The predicted octanol–water partition coefficient (Wildman–Crippen LogP) is 26.0. The van der Waals surface area contributed by atoms with Gasteiger partial charge in [0.25, 0.3) is 6.71 Å². The summed E-state index contributed by atoms with van der Waals surface area (Å²) in [6.45, 7) is 25.9. The van der Waals surface area contributed by atoms with Gasteiger partial charge in [0, 0.05) is 82.7 Å². The third-order valence-corrected chi connectivity index (χ3v) is 22.4. The van der Waals surface area contributed by atoms with Gasteiger partial charge >= 0.3 is 0 Å². The summed E-state index contributed by atoms with van der Waals surface area (Å²) >= 11 is 0. The highest BCUT2D eigenvalue weighted by Crippen LogP contribution is 2.53. The van der Waals surface area contributed by atoms with E-state index in [2.05, 4.69) is 255 Å². The van der Waals surface area contributed by atoms with Gasteiger partial charge in [-0.15, -0.1) is 0 Å². The van der Waals surface area contributed by atoms with E-state index in [9.17, 15) is 11.0 Å². The Morgan fingerprint density at radius 3 is 1.19 bits per heavy atom. The zero-order valence-electron chi connectivity index (χ0n) is 74.8. The predicted molar refractivity (Wildman–Crippen MR) is 455 cm³/mol. The second-order valence-corrected chi connectivity index (χ2v) is 33.1. The van der Waals surface area contributed by atoms with Crippen LogP contribution in [0.15, 0.2) is 294 Å². The second kappa shape index (κ2) is 23.2. The molecular weight excluding hydrogens is 1300 g/mol. The number of rotatable bonds is 7. The van der Waals surface area contributed by atoms with Crippen molar-refractivity contribution < 1.29 is 26.7 Å². The van der Waals surface area contributed by atoms with Gasteiger partial charge < -0.3 is 27.8 Å². The molecule has 14 aromatic carbocycles. The van der Waals surface area contributed by atoms with Crippen molar-refractivity contribution >= 4 is 145 Å². The first kappa shape index (κ1) is 52.0. The quantitative estimate of drug-likeness (QED) is 0.149. The fourth-order valence-electron chi connectivity index (χ4n) is 16.9. The van der Waals surface area contributed by atoms with Crippen LogP contribution >= 0.6 is 0 Å². The number of hydrogen-bond donors (Lipinski definition) is 0. The Kier molecular flexibility index (Phi) is 11.3. The first-order chi connectivity index (χ1) is 57.0. The molecule has 107 heavy (non-hydrogen) atoms. The molecule has 20 rings (SSSR count). The lowest BCUT2D eigenvalue weighted by atomic mass is 9.33. The Bertz CT molecular complexity index is 7430. The van der Waals surface area contributed by atoms with Crippen LogP contribution in [0.25, 0.3) is 132 Å². The highest BCUT2D eigenvalue weighted by molar-refractivity contribution is 7.00. The molecule has 0 radical (unpaired) electrons. The summed E-state index contributed by atoms with van der Waals surface area (Å²) in [6.07, 6.45) is 0. The summed E-state index contributed by atoms with van der Waals surface area (Å²) in [5.41, 5.74) is 19.2. The van der Waals surface area contributed by atoms with Crippen LogP contribution in [0.1, 0.15) is 123 Å². The SMILES string of the molecule is [2H]c1c([2H])c([2H])c(-c2ccc3c(c2)N(c2cccc4c2oc2c(-c5cccc(C(C)(C)C)c5)cccc24)c2cc(-n4c5ccc(C(C)(C)C)cc5c5cc(C(C)(C)C)ccc54)cc4c2B3c2ccc(-n3c5c([2H])c([2H])c([2H])c([2H])c5c5c([2H])c([2H])c([2H])c([2H])c53)cc2N4c2cccc3c2oc2c(-c4cccc(C(C)(C)C)c4)cccc23)c([2H])c1[2H]. The first-order valence-electron chi connectivity index (χ1n) is 43.3. The molecule has 0 fully saturated rings. The maximum absolute atomic E-state index is 9.86. The fourth-order valence-corrected chi connectivity index (χ4v) is 16.9. The van der Waals surface area contributed by atoms with Crippen molar-refractivity contribution in [1.29, 1.82) is 0 Å². The number of benzene rings is 14. The molecule has 518 valence electrons. The molecule has 0 N–H and O–H groups in total. The van der Waals surface area contributed by atoms with Gasteiger partial charge in [0.05, 0.1) is 56.9 Å². The lowest BCUT2D eigenvalue weighted by Crippen LogP contribution is -2.61. The summed E-state index contributed by atoms with van der Waals surface area (Å²) in [5.74, 6) is 0. The fraction of sp³-hybridized carbons (Fsp3) is 0.160. The van der Waals surface area contributed by atoms with E-state index in [-0.39, 0.29) is 61.1 Å². The van der Waals surface area contributed by atoms with E-state index in [0.717, 1.165) is 110 Å². The average Bonchev–Trinajstić information content (AvgIpc) is 0.884. The summed E-state index contributed by atoms with van der Waals surface area (Å²) < 4.78 is 141. The zero-order valence-corrected chi connectivity index (χ0v) is 61.8. The van der Waals surface area contributed by atoms with Gasteiger partial charge in [-0.2, -0.15) is 0 Å². The minimum absolute atomic E-state index is 0.00794. The van der Waals surface area contributed by atoms with E-state index in [1.165, 1.54) is 0 Å². The summed E-state index contributed by atoms with van der Waals surface area (Å²) in [7, 11) is 0. The molecule has 0 aliphatic carbocycles. The third kappa shape index (κ3) is 9.99. The number of nitrogens with zero attached hydrogens (tertiary/aromatic N) is 4. The molecule has 0 amide bonds. The number of anilines is 6. The summed E-state index contributed by atoms with van der Waals surface area (Å²) in [6, 6.07) is 65.4. The van der Waals surface area contributed by atoms with Crippen molar-refractivity contribution in [3.8, 4) is 44.8 Å². The molecule has 2 aliphatic rings. The van der Waals surface area contributed by atoms with E-state index in [1.54, 1.807) is 4.57 Å². The van der Waals surface area contributed by atoms with E-state index in [0.29, 0.717) is 67.7 Å². The number of furan rings is 2. The molecular formula is C100H83BN4O2. The summed E-state index contributed by atoms with van der Waals surface area (Å²) in [5, 5.41) is 5.35. The lowest BCUT2D eigenvalue weighted by Gasteiger charge is -2.44. The number of hydrogen-bond acceptors (Lipinski definition) is 4. The minimum Gasteiger partial charge on any atom is -0.453 e. The van der Waals surface area contributed by atoms with Crippen molar-refractivity contribution in [3.63, 3.8) is 0 Å². The van der Waals surface area contributed by atoms with Gasteiger partial charge in [0.2, 0.25) is 0 Å². The molecule has 7 heteroatoms. The number of aromatic nitrogens is 2. The molecule has 18 aromatic rings. The highest BCUT2D eigenvalue weighted by atomic mass is 16.3. The minimum atomic E-state index is -0.743. The van der Waals surface area contributed by atoms with Gasteiger partial charge in [-0.05, 0) is 161 Å². The van der Waals surface area contributed by atoms with Crippen LogP contribution in [0, 0.1) is 0 Å². The third-order valence-electron chi connectivity index (χ3n) is 22.4. The molecule has 6 nitrogen and oxygen atoms in total. The number of para-hydroxylation sites is 6. The smallest absolute Gasteiger partial charge is 0.252 e. The van der Waals surface area contributed by atoms with E-state index in [4.69, 9.17) is 15.7 Å². The van der Waals surface area contributed by atoms with E-state index >= 15 is 0 Å². The second-order valence-electron chi connectivity index (χ2n) is 33.1. The maximum Gasteiger partial charge on any atom is 0.252 e. The van der Waals surface area contributed by atoms with Gasteiger partial charge in [-0.1, -0.05) is 289 Å². The van der Waals surface area contributed by atoms with E-state index in [1.807, 2.05) is 48.5 Å². The molecule has 0 saturated carbocycles. The lowest BCUT2D eigenvalue weighted by molar-refractivity contribution is 0.590. The Morgan fingerprint density at radius 2 is 0.692 bits per heavy atom. The average molecular weight is 1400 g/mol. The Balaban J connectivity index is 0.974. The molecule has 6 heterocycles. The van der Waals surface area contributed by atoms with Gasteiger partial charge in [0.1, 0.15) is 11.2 Å². The monoisotopic (exact) mass is 1400 g/mol. The summed E-state index contributed by atoms with van der Waals surface area (Å²) in [4.78, 5) is 4.46. The first-order valence-corrected chi connectivity index (χ1v) is 36.8.